The minimum absolute atomic E-state index is 0.0466. The Hall–Kier alpha value is -4.62. The number of hydrogen-bond acceptors (Lipinski definition) is 5. The van der Waals surface area contributed by atoms with Crippen LogP contribution in [0.4, 0.5) is 4.79 Å². The summed E-state index contributed by atoms with van der Waals surface area (Å²) in [7, 11) is 0. The van der Waals surface area contributed by atoms with Gasteiger partial charge in [-0.2, -0.15) is 0 Å². The van der Waals surface area contributed by atoms with E-state index in [1.54, 1.807) is 24.3 Å². The van der Waals surface area contributed by atoms with Crippen LogP contribution >= 0.6 is 0 Å². The molecule has 0 atom stereocenters. The van der Waals surface area contributed by atoms with Crippen LogP contribution in [0.25, 0.3) is 11.1 Å². The molecule has 0 radical (unpaired) electrons. The van der Waals surface area contributed by atoms with Gasteiger partial charge < -0.3 is 14.7 Å². The molecule has 5 rings (SSSR count). The molecule has 192 valence electrons. The summed E-state index contributed by atoms with van der Waals surface area (Å²) in [5.41, 5.74) is 11.9. The molecular weight excluding hydrogens is 478 g/mol. The zero-order valence-electron chi connectivity index (χ0n) is 20.8. The Balaban J connectivity index is 1.22. The first kappa shape index (κ1) is 25.0. The second kappa shape index (κ2) is 11.6. The standard InChI is InChI=1S/C31H29N3O4/c35-24-16-14-22(15-17-24)18-32-33-31(37)34(19-23-8-2-1-3-9-23)20-30(36)38-21-29-27-12-6-4-10-25(27)26-11-5-7-13-28(26)29/h1-17,29,32,35H,18-21H2,(H,33,37). The summed E-state index contributed by atoms with van der Waals surface area (Å²) >= 11 is 0. The van der Waals surface area contributed by atoms with Crippen LogP contribution in [-0.2, 0) is 22.6 Å². The molecule has 0 saturated carbocycles. The number of phenolic OH excluding ortho intramolecular Hbond substituents is 1. The monoisotopic (exact) mass is 507 g/mol. The van der Waals surface area contributed by atoms with Gasteiger partial charge in [-0.15, -0.1) is 0 Å². The van der Waals surface area contributed by atoms with Gasteiger partial charge in [0.2, 0.25) is 0 Å². The Kier molecular flexibility index (Phi) is 7.66. The predicted molar refractivity (Wildman–Crippen MR) is 145 cm³/mol. The molecule has 0 aromatic heterocycles. The van der Waals surface area contributed by atoms with E-state index in [1.807, 2.05) is 54.6 Å². The lowest BCUT2D eigenvalue weighted by Gasteiger charge is -2.23. The molecule has 7 heteroatoms. The normalized spacial score (nSPS) is 11.9. The number of hydrazine groups is 1. The number of fused-ring (bicyclic) bond motifs is 3. The van der Waals surface area contributed by atoms with Gasteiger partial charge in [0.1, 0.15) is 18.9 Å². The van der Waals surface area contributed by atoms with Crippen LogP contribution in [0.1, 0.15) is 28.2 Å². The number of carbonyl (C=O) groups is 2. The van der Waals surface area contributed by atoms with Crippen molar-refractivity contribution in [3.05, 3.63) is 125 Å². The molecule has 0 unspecified atom stereocenters. The first-order valence-electron chi connectivity index (χ1n) is 12.5. The number of esters is 1. The smallest absolute Gasteiger partial charge is 0.332 e. The first-order chi connectivity index (χ1) is 18.6. The molecule has 0 bridgehead atoms. The number of phenols is 1. The van der Waals surface area contributed by atoms with Crippen molar-refractivity contribution in [1.82, 2.24) is 15.8 Å². The summed E-state index contributed by atoms with van der Waals surface area (Å²) in [6.45, 7) is 0.609. The Morgan fingerprint density at radius 2 is 1.37 bits per heavy atom. The first-order valence-corrected chi connectivity index (χ1v) is 12.5. The number of ether oxygens (including phenoxy) is 1. The number of amides is 2. The van der Waals surface area contributed by atoms with E-state index in [0.29, 0.717) is 6.54 Å². The van der Waals surface area contributed by atoms with Gasteiger partial charge in [-0.3, -0.25) is 10.2 Å². The molecule has 3 N–H and O–H groups in total. The molecule has 4 aromatic rings. The van der Waals surface area contributed by atoms with Crippen molar-refractivity contribution < 1.29 is 19.4 Å². The zero-order valence-corrected chi connectivity index (χ0v) is 20.8. The number of benzene rings is 4. The summed E-state index contributed by atoms with van der Waals surface area (Å²) in [6, 6.07) is 32.1. The molecule has 38 heavy (non-hydrogen) atoms. The third-order valence-corrected chi connectivity index (χ3v) is 6.62. The zero-order chi connectivity index (χ0) is 26.3. The lowest BCUT2D eigenvalue weighted by atomic mass is 9.98. The highest BCUT2D eigenvalue weighted by Gasteiger charge is 2.29. The van der Waals surface area contributed by atoms with Crippen LogP contribution in [0.5, 0.6) is 5.75 Å². The summed E-state index contributed by atoms with van der Waals surface area (Å²) in [6.07, 6.45) is 0. The maximum Gasteiger partial charge on any atom is 0.332 e. The van der Waals surface area contributed by atoms with E-state index in [4.69, 9.17) is 4.74 Å². The highest BCUT2D eigenvalue weighted by molar-refractivity contribution is 5.81. The summed E-state index contributed by atoms with van der Waals surface area (Å²) < 4.78 is 5.74. The van der Waals surface area contributed by atoms with Crippen LogP contribution in [0.3, 0.4) is 0 Å². The highest BCUT2D eigenvalue weighted by atomic mass is 16.5. The number of carbonyl (C=O) groups excluding carboxylic acids is 2. The molecule has 2 amide bonds. The summed E-state index contributed by atoms with van der Waals surface area (Å²) in [4.78, 5) is 27.4. The number of aromatic hydroxyl groups is 1. The van der Waals surface area contributed by atoms with Gasteiger partial charge in [-0.1, -0.05) is 91.0 Å². The number of rotatable bonds is 9. The van der Waals surface area contributed by atoms with E-state index < -0.39 is 12.0 Å². The average Bonchev–Trinajstić information content (AvgIpc) is 3.27. The van der Waals surface area contributed by atoms with Crippen LogP contribution < -0.4 is 10.9 Å². The quantitative estimate of drug-likeness (QED) is 0.220. The minimum atomic E-state index is -0.475. The van der Waals surface area contributed by atoms with E-state index in [2.05, 4.69) is 35.1 Å². The molecule has 0 fully saturated rings. The molecule has 4 aromatic carbocycles. The second-order valence-electron chi connectivity index (χ2n) is 9.20. The summed E-state index contributed by atoms with van der Waals surface area (Å²) in [5.74, 6) is -0.346. The predicted octanol–water partition coefficient (Wildman–Crippen LogP) is 4.96. The van der Waals surface area contributed by atoms with Gasteiger partial charge in [-0.05, 0) is 45.5 Å². The van der Waals surface area contributed by atoms with E-state index in [1.165, 1.54) is 4.90 Å². The maximum atomic E-state index is 13.0. The molecule has 0 spiro atoms. The van der Waals surface area contributed by atoms with Crippen molar-refractivity contribution in [2.75, 3.05) is 13.2 Å². The molecule has 0 aliphatic heterocycles. The van der Waals surface area contributed by atoms with Crippen molar-refractivity contribution in [2.45, 2.75) is 19.0 Å². The van der Waals surface area contributed by atoms with E-state index in [0.717, 1.165) is 33.4 Å². The van der Waals surface area contributed by atoms with E-state index >= 15 is 0 Å². The Bertz CT molecular complexity index is 1360. The number of nitrogens with one attached hydrogen (secondary N) is 2. The molecule has 0 saturated heterocycles. The van der Waals surface area contributed by atoms with Crippen LogP contribution in [-0.4, -0.2) is 35.2 Å². The Morgan fingerprint density at radius 1 is 0.763 bits per heavy atom. The topological polar surface area (TPSA) is 90.9 Å². The fourth-order valence-corrected chi connectivity index (χ4v) is 4.74. The molecule has 7 nitrogen and oxygen atoms in total. The third kappa shape index (κ3) is 5.85. The van der Waals surface area contributed by atoms with Crippen LogP contribution in [0.15, 0.2) is 103 Å². The molecule has 0 heterocycles. The third-order valence-electron chi connectivity index (χ3n) is 6.62. The van der Waals surface area contributed by atoms with Gasteiger partial charge in [-0.25, -0.2) is 10.2 Å². The number of urea groups is 1. The van der Waals surface area contributed by atoms with Crippen molar-refractivity contribution in [3.8, 4) is 16.9 Å². The Labute approximate surface area is 221 Å². The Morgan fingerprint density at radius 3 is 2.03 bits per heavy atom. The van der Waals surface area contributed by atoms with Crippen molar-refractivity contribution in [1.29, 1.82) is 0 Å². The summed E-state index contributed by atoms with van der Waals surface area (Å²) in [5, 5.41) is 9.44. The largest absolute Gasteiger partial charge is 0.508 e. The van der Waals surface area contributed by atoms with Gasteiger partial charge >= 0.3 is 12.0 Å². The fourth-order valence-electron chi connectivity index (χ4n) is 4.74. The number of nitrogens with zero attached hydrogens (tertiary/aromatic N) is 1. The average molecular weight is 508 g/mol. The van der Waals surface area contributed by atoms with Crippen molar-refractivity contribution in [2.24, 2.45) is 0 Å². The maximum absolute atomic E-state index is 13.0. The lowest BCUT2D eigenvalue weighted by Crippen LogP contribution is -2.48. The van der Waals surface area contributed by atoms with Gasteiger partial charge in [0.25, 0.3) is 0 Å². The van der Waals surface area contributed by atoms with Crippen LogP contribution in [0.2, 0.25) is 0 Å². The number of hydrogen-bond donors (Lipinski definition) is 3. The fraction of sp³-hybridized carbons (Fsp3) is 0.161. The lowest BCUT2D eigenvalue weighted by molar-refractivity contribution is -0.144. The SMILES string of the molecule is O=C(CN(Cc1ccccc1)C(=O)NNCc1ccc(O)cc1)OCC1c2ccccc2-c2ccccc21. The van der Waals surface area contributed by atoms with E-state index in [-0.39, 0.29) is 31.4 Å². The van der Waals surface area contributed by atoms with E-state index in [9.17, 15) is 14.7 Å². The minimum Gasteiger partial charge on any atom is -0.508 e. The van der Waals surface area contributed by atoms with Crippen molar-refractivity contribution >= 4 is 12.0 Å². The van der Waals surface area contributed by atoms with Gasteiger partial charge in [0.15, 0.2) is 0 Å². The van der Waals surface area contributed by atoms with Crippen LogP contribution in [0, 0.1) is 0 Å². The molecule has 1 aliphatic carbocycles. The molecule has 1 aliphatic rings. The van der Waals surface area contributed by atoms with Crippen molar-refractivity contribution in [3.63, 3.8) is 0 Å². The van der Waals surface area contributed by atoms with Gasteiger partial charge in [0.05, 0.1) is 0 Å². The van der Waals surface area contributed by atoms with Gasteiger partial charge in [0, 0.05) is 19.0 Å². The molecular formula is C31H29N3O4. The highest BCUT2D eigenvalue weighted by Crippen LogP contribution is 2.44. The second-order valence-corrected chi connectivity index (χ2v) is 9.20.